The Morgan fingerprint density at radius 3 is 2.28 bits per heavy atom. The van der Waals surface area contributed by atoms with Gasteiger partial charge in [0.15, 0.2) is 0 Å². The smallest absolute Gasteiger partial charge is 0.310 e. The van der Waals surface area contributed by atoms with E-state index in [4.69, 9.17) is 10.2 Å². The predicted molar refractivity (Wildman–Crippen MR) is 70.4 cm³/mol. The minimum Gasteiger partial charge on any atom is -0.481 e. The maximum absolute atomic E-state index is 10.8. The fourth-order valence-corrected chi connectivity index (χ4v) is 1.68. The van der Waals surface area contributed by atoms with Crippen molar-refractivity contribution < 1.29 is 19.8 Å². The van der Waals surface area contributed by atoms with E-state index in [0.717, 1.165) is 25.2 Å². The van der Waals surface area contributed by atoms with Crippen molar-refractivity contribution in [2.75, 3.05) is 0 Å². The van der Waals surface area contributed by atoms with E-state index in [1.54, 1.807) is 6.08 Å². The number of allylic oxidation sites excluding steroid dienone is 1. The molecular weight excluding hydrogens is 232 g/mol. The van der Waals surface area contributed by atoms with Crippen LogP contribution in [-0.4, -0.2) is 22.2 Å². The molecule has 1 unspecified atom stereocenters. The highest BCUT2D eigenvalue weighted by Gasteiger charge is 2.17. The summed E-state index contributed by atoms with van der Waals surface area (Å²) in [5.41, 5.74) is 0. The molecule has 0 aromatic carbocycles. The van der Waals surface area contributed by atoms with E-state index in [9.17, 15) is 9.59 Å². The van der Waals surface area contributed by atoms with Crippen molar-refractivity contribution in [3.8, 4) is 0 Å². The van der Waals surface area contributed by atoms with Gasteiger partial charge in [-0.2, -0.15) is 0 Å². The molecule has 4 heteroatoms. The van der Waals surface area contributed by atoms with E-state index in [1.165, 1.54) is 18.9 Å². The van der Waals surface area contributed by atoms with Gasteiger partial charge in [-0.1, -0.05) is 45.3 Å². The van der Waals surface area contributed by atoms with Crippen LogP contribution in [0, 0.1) is 11.8 Å². The summed E-state index contributed by atoms with van der Waals surface area (Å²) in [6.45, 7) is 4.40. The molecule has 0 fully saturated rings. The third kappa shape index (κ3) is 9.87. The van der Waals surface area contributed by atoms with Gasteiger partial charge in [0.05, 0.1) is 12.3 Å². The summed E-state index contributed by atoms with van der Waals surface area (Å²) in [5.74, 6) is -2.33. The molecule has 0 aliphatic rings. The Hall–Kier alpha value is -1.32. The van der Waals surface area contributed by atoms with Crippen molar-refractivity contribution in [2.45, 2.75) is 52.4 Å². The van der Waals surface area contributed by atoms with Gasteiger partial charge in [-0.15, -0.1) is 0 Å². The second-order valence-corrected chi connectivity index (χ2v) is 5.00. The zero-order chi connectivity index (χ0) is 14.0. The predicted octanol–water partition coefficient (Wildman–Crippen LogP) is 3.32. The normalized spacial score (nSPS) is 13.1. The third-order valence-corrected chi connectivity index (χ3v) is 2.73. The molecule has 0 spiro atoms. The Kier molecular flexibility index (Phi) is 8.97. The molecule has 104 valence electrons. The van der Waals surface area contributed by atoms with Crippen molar-refractivity contribution in [2.24, 2.45) is 11.8 Å². The van der Waals surface area contributed by atoms with Crippen molar-refractivity contribution in [1.82, 2.24) is 0 Å². The Labute approximate surface area is 109 Å². The Morgan fingerprint density at radius 2 is 1.78 bits per heavy atom. The van der Waals surface area contributed by atoms with Crippen molar-refractivity contribution >= 4 is 11.9 Å². The summed E-state index contributed by atoms with van der Waals surface area (Å²) < 4.78 is 0. The highest BCUT2D eigenvalue weighted by Crippen LogP contribution is 2.11. The van der Waals surface area contributed by atoms with Gasteiger partial charge in [-0.25, -0.2) is 0 Å². The van der Waals surface area contributed by atoms with Crippen molar-refractivity contribution in [3.05, 3.63) is 12.2 Å². The zero-order valence-corrected chi connectivity index (χ0v) is 11.3. The number of aliphatic carboxylic acids is 2. The van der Waals surface area contributed by atoms with E-state index in [1.807, 2.05) is 0 Å². The zero-order valence-electron chi connectivity index (χ0n) is 11.3. The average Bonchev–Trinajstić information content (AvgIpc) is 2.25. The molecule has 4 nitrogen and oxygen atoms in total. The van der Waals surface area contributed by atoms with Crippen molar-refractivity contribution in [1.29, 1.82) is 0 Å². The molecule has 1 atom stereocenters. The molecule has 0 aromatic heterocycles. The summed E-state index contributed by atoms with van der Waals surface area (Å²) in [7, 11) is 0. The van der Waals surface area contributed by atoms with Gasteiger partial charge in [0.1, 0.15) is 0 Å². The van der Waals surface area contributed by atoms with E-state index in [2.05, 4.69) is 13.8 Å². The highest BCUT2D eigenvalue weighted by molar-refractivity contribution is 5.79. The molecular formula is C14H24O4. The first-order valence-corrected chi connectivity index (χ1v) is 6.54. The second-order valence-electron chi connectivity index (χ2n) is 5.00. The van der Waals surface area contributed by atoms with Gasteiger partial charge >= 0.3 is 11.9 Å². The number of rotatable bonds is 10. The van der Waals surface area contributed by atoms with E-state index >= 15 is 0 Å². The lowest BCUT2D eigenvalue weighted by Gasteiger charge is -2.04. The average molecular weight is 256 g/mol. The lowest BCUT2D eigenvalue weighted by molar-refractivity contribution is -0.146. The first-order chi connectivity index (χ1) is 8.43. The molecule has 0 rings (SSSR count). The monoisotopic (exact) mass is 256 g/mol. The van der Waals surface area contributed by atoms with E-state index in [0.29, 0.717) is 0 Å². The van der Waals surface area contributed by atoms with Crippen LogP contribution in [0.3, 0.4) is 0 Å². The summed E-state index contributed by atoms with van der Waals surface area (Å²) >= 11 is 0. The Morgan fingerprint density at radius 1 is 1.11 bits per heavy atom. The number of carboxylic acid groups (broad SMARTS) is 2. The summed E-state index contributed by atoms with van der Waals surface area (Å²) in [6, 6.07) is 0. The first kappa shape index (κ1) is 16.7. The van der Waals surface area contributed by atoms with Crippen LogP contribution in [0.25, 0.3) is 0 Å². The van der Waals surface area contributed by atoms with Crippen LogP contribution in [0.15, 0.2) is 12.2 Å². The largest absolute Gasteiger partial charge is 0.481 e. The number of unbranched alkanes of at least 4 members (excludes halogenated alkanes) is 3. The quantitative estimate of drug-likeness (QED) is 0.464. The molecule has 2 N–H and O–H groups in total. The van der Waals surface area contributed by atoms with E-state index in [-0.39, 0.29) is 6.42 Å². The lowest BCUT2D eigenvalue weighted by atomic mass is 10.0. The van der Waals surface area contributed by atoms with Crippen LogP contribution in [-0.2, 0) is 9.59 Å². The third-order valence-electron chi connectivity index (χ3n) is 2.73. The van der Waals surface area contributed by atoms with Crippen LogP contribution in [0.4, 0.5) is 0 Å². The minimum atomic E-state index is -1.08. The molecule has 0 saturated heterocycles. The summed E-state index contributed by atoms with van der Waals surface area (Å²) in [4.78, 5) is 21.2. The van der Waals surface area contributed by atoms with Gasteiger partial charge in [0.2, 0.25) is 0 Å². The van der Waals surface area contributed by atoms with Gasteiger partial charge in [-0.3, -0.25) is 9.59 Å². The van der Waals surface area contributed by atoms with Crippen LogP contribution in [0.2, 0.25) is 0 Å². The highest BCUT2D eigenvalue weighted by atomic mass is 16.4. The first-order valence-electron chi connectivity index (χ1n) is 6.54. The summed E-state index contributed by atoms with van der Waals surface area (Å²) in [5, 5.41) is 17.4. The Bertz CT molecular complexity index is 282. The maximum atomic E-state index is 10.8. The number of carbonyl (C=O) groups is 2. The molecule has 0 aliphatic heterocycles. The van der Waals surface area contributed by atoms with Gasteiger partial charge < -0.3 is 10.2 Å². The van der Waals surface area contributed by atoms with Gasteiger partial charge in [0.25, 0.3) is 0 Å². The molecule has 18 heavy (non-hydrogen) atoms. The molecule has 0 saturated carbocycles. The standard InChI is InChI=1S/C14H24O4/c1-11(2)8-6-4-3-5-7-9-12(14(17)18)10-13(15)16/h7,9,11-12H,3-6,8,10H2,1-2H3,(H,15,16)(H,17,18). The molecule has 0 radical (unpaired) electrons. The summed E-state index contributed by atoms with van der Waals surface area (Å²) in [6.07, 6.45) is 8.35. The van der Waals surface area contributed by atoms with E-state index < -0.39 is 17.9 Å². The number of hydrogen-bond acceptors (Lipinski definition) is 2. The molecule has 0 bridgehead atoms. The van der Waals surface area contributed by atoms with Crippen LogP contribution in [0.1, 0.15) is 52.4 Å². The molecule has 0 amide bonds. The number of carboxylic acids is 2. The van der Waals surface area contributed by atoms with Crippen LogP contribution in [0.5, 0.6) is 0 Å². The van der Waals surface area contributed by atoms with Crippen LogP contribution < -0.4 is 0 Å². The molecule has 0 heterocycles. The lowest BCUT2D eigenvalue weighted by Crippen LogP contribution is -2.15. The molecule has 0 aliphatic carbocycles. The second kappa shape index (κ2) is 9.68. The Balaban J connectivity index is 3.77. The van der Waals surface area contributed by atoms with Crippen LogP contribution >= 0.6 is 0 Å². The number of hydrogen-bond donors (Lipinski definition) is 2. The van der Waals surface area contributed by atoms with Gasteiger partial charge in [-0.05, 0) is 18.8 Å². The van der Waals surface area contributed by atoms with Gasteiger partial charge in [0, 0.05) is 0 Å². The molecule has 0 aromatic rings. The van der Waals surface area contributed by atoms with Crippen molar-refractivity contribution in [3.63, 3.8) is 0 Å². The topological polar surface area (TPSA) is 74.6 Å². The SMILES string of the molecule is CC(C)CCCCCC=CC(CC(=O)O)C(=O)O. The fraction of sp³-hybridized carbons (Fsp3) is 0.714. The maximum Gasteiger partial charge on any atom is 0.310 e. The fourth-order valence-electron chi connectivity index (χ4n) is 1.68. The minimum absolute atomic E-state index is 0.348.